The first kappa shape index (κ1) is 17.8. The summed E-state index contributed by atoms with van der Waals surface area (Å²) in [6, 6.07) is -0.0816. The third kappa shape index (κ3) is 3.70. The largest absolute Gasteiger partial charge is 0.383 e. The highest BCUT2D eigenvalue weighted by Crippen LogP contribution is 2.25. The highest BCUT2D eigenvalue weighted by molar-refractivity contribution is 7.89. The Morgan fingerprint density at radius 2 is 2.13 bits per heavy atom. The minimum Gasteiger partial charge on any atom is -0.383 e. The van der Waals surface area contributed by atoms with Crippen LogP contribution in [0.3, 0.4) is 0 Å². The van der Waals surface area contributed by atoms with E-state index >= 15 is 0 Å². The van der Waals surface area contributed by atoms with Crippen LogP contribution in [0.1, 0.15) is 30.4 Å². The average molecular weight is 345 g/mol. The number of ether oxygens (including phenoxy) is 1. The molecule has 1 aromatic heterocycles. The van der Waals surface area contributed by atoms with E-state index in [9.17, 15) is 13.2 Å². The molecule has 23 heavy (non-hydrogen) atoms. The van der Waals surface area contributed by atoms with Crippen molar-refractivity contribution in [3.63, 3.8) is 0 Å². The quantitative estimate of drug-likeness (QED) is 0.666. The van der Waals surface area contributed by atoms with E-state index in [1.807, 2.05) is 0 Å². The third-order valence-corrected chi connectivity index (χ3v) is 6.07. The van der Waals surface area contributed by atoms with E-state index in [2.05, 4.69) is 10.3 Å². The molecule has 0 spiro atoms. The molecular weight excluding hydrogens is 322 g/mol. The number of amides is 1. The Kier molecular flexibility index (Phi) is 5.37. The molecule has 0 N–H and O–H groups in total. The van der Waals surface area contributed by atoms with E-state index in [0.29, 0.717) is 26.2 Å². The molecule has 1 aliphatic rings. The highest BCUT2D eigenvalue weighted by Gasteiger charge is 2.39. The summed E-state index contributed by atoms with van der Waals surface area (Å²) in [6.45, 7) is 4.94. The van der Waals surface area contributed by atoms with Gasteiger partial charge in [0.1, 0.15) is 0 Å². The molecule has 0 unspecified atom stereocenters. The van der Waals surface area contributed by atoms with Gasteiger partial charge in [0.05, 0.1) is 24.1 Å². The summed E-state index contributed by atoms with van der Waals surface area (Å²) in [4.78, 5) is 13.7. The molecule has 10 heteroatoms. The summed E-state index contributed by atoms with van der Waals surface area (Å²) in [5.74, 6) is -0.237. The van der Waals surface area contributed by atoms with Crippen molar-refractivity contribution in [3.8, 4) is 0 Å². The van der Waals surface area contributed by atoms with E-state index in [4.69, 9.17) is 4.74 Å². The summed E-state index contributed by atoms with van der Waals surface area (Å²) in [7, 11) is 0.00734. The SMILES string of the molecule is COCCN(C)C(=O)c1cn(C2CN(S(=O)(=O)C(C)C)C2)nn1. The molecule has 1 fully saturated rings. The fourth-order valence-corrected chi connectivity index (χ4v) is 3.52. The molecule has 0 atom stereocenters. The molecule has 1 saturated heterocycles. The first-order chi connectivity index (χ1) is 10.8. The second-order valence-electron chi connectivity index (χ2n) is 5.87. The zero-order chi connectivity index (χ0) is 17.2. The van der Waals surface area contributed by atoms with Crippen molar-refractivity contribution in [2.75, 3.05) is 40.4 Å². The lowest BCUT2D eigenvalue weighted by Crippen LogP contribution is -2.52. The maximum Gasteiger partial charge on any atom is 0.275 e. The second kappa shape index (κ2) is 6.93. The molecule has 0 aliphatic carbocycles. The monoisotopic (exact) mass is 345 g/mol. The maximum absolute atomic E-state index is 12.2. The van der Waals surface area contributed by atoms with Crippen molar-refractivity contribution >= 4 is 15.9 Å². The van der Waals surface area contributed by atoms with Crippen LogP contribution in [0.4, 0.5) is 0 Å². The van der Waals surface area contributed by atoms with Crippen molar-refractivity contribution in [2.45, 2.75) is 25.1 Å². The van der Waals surface area contributed by atoms with Gasteiger partial charge >= 0.3 is 0 Å². The van der Waals surface area contributed by atoms with Gasteiger partial charge in [-0.25, -0.2) is 13.1 Å². The van der Waals surface area contributed by atoms with Crippen molar-refractivity contribution in [1.29, 1.82) is 0 Å². The standard InChI is InChI=1S/C13H23N5O4S/c1-10(2)23(20,21)17-7-11(8-17)18-9-12(14-15-18)13(19)16(3)5-6-22-4/h9-11H,5-8H2,1-4H3. The van der Waals surface area contributed by atoms with Crippen molar-refractivity contribution in [3.05, 3.63) is 11.9 Å². The van der Waals surface area contributed by atoms with Crippen LogP contribution in [0.5, 0.6) is 0 Å². The molecule has 1 aliphatic heterocycles. The predicted molar refractivity (Wildman–Crippen MR) is 83.5 cm³/mol. The van der Waals surface area contributed by atoms with Gasteiger partial charge in [-0.3, -0.25) is 4.79 Å². The van der Waals surface area contributed by atoms with Gasteiger partial charge in [-0.05, 0) is 13.8 Å². The minimum atomic E-state index is -3.23. The minimum absolute atomic E-state index is 0.0816. The maximum atomic E-state index is 12.2. The van der Waals surface area contributed by atoms with Crippen LogP contribution < -0.4 is 0 Å². The molecular formula is C13H23N5O4S. The number of aromatic nitrogens is 3. The normalized spacial score (nSPS) is 16.6. The Labute approximate surface area is 136 Å². The molecule has 2 rings (SSSR count). The van der Waals surface area contributed by atoms with E-state index in [1.54, 1.807) is 38.9 Å². The van der Waals surface area contributed by atoms with Crippen molar-refractivity contribution in [2.24, 2.45) is 0 Å². The second-order valence-corrected chi connectivity index (χ2v) is 8.36. The summed E-state index contributed by atoms with van der Waals surface area (Å²) in [5.41, 5.74) is 0.244. The molecule has 9 nitrogen and oxygen atoms in total. The Balaban J connectivity index is 1.96. The van der Waals surface area contributed by atoms with Crippen LogP contribution in [-0.4, -0.2) is 84.2 Å². The molecule has 0 radical (unpaired) electrons. The first-order valence-corrected chi connectivity index (χ1v) is 8.93. The molecule has 1 amide bonds. The molecule has 2 heterocycles. The van der Waals surface area contributed by atoms with Crippen LogP contribution in [-0.2, 0) is 14.8 Å². The summed E-state index contributed by atoms with van der Waals surface area (Å²) in [6.07, 6.45) is 1.57. The molecule has 0 bridgehead atoms. The van der Waals surface area contributed by atoms with E-state index in [1.165, 1.54) is 9.21 Å². The van der Waals surface area contributed by atoms with Gasteiger partial charge < -0.3 is 9.64 Å². The van der Waals surface area contributed by atoms with Gasteiger partial charge in [0.15, 0.2) is 5.69 Å². The predicted octanol–water partition coefficient (Wildman–Crippen LogP) is -0.409. The molecule has 0 saturated carbocycles. The van der Waals surface area contributed by atoms with Gasteiger partial charge in [-0.1, -0.05) is 5.21 Å². The third-order valence-electron chi connectivity index (χ3n) is 3.87. The van der Waals surface area contributed by atoms with Crippen LogP contribution >= 0.6 is 0 Å². The van der Waals surface area contributed by atoms with Crippen molar-refractivity contribution < 1.29 is 17.9 Å². The number of likely N-dealkylation sites (N-methyl/N-ethyl adjacent to an activating group) is 1. The number of sulfonamides is 1. The number of carbonyl (C=O) groups excluding carboxylic acids is 1. The fraction of sp³-hybridized carbons (Fsp3) is 0.769. The zero-order valence-electron chi connectivity index (χ0n) is 13.8. The molecule has 130 valence electrons. The lowest BCUT2D eigenvalue weighted by Gasteiger charge is -2.38. The average Bonchev–Trinajstić information content (AvgIpc) is 2.91. The van der Waals surface area contributed by atoms with Gasteiger partial charge in [-0.15, -0.1) is 5.10 Å². The number of carbonyl (C=O) groups is 1. The van der Waals surface area contributed by atoms with Gasteiger partial charge in [0.2, 0.25) is 10.0 Å². The zero-order valence-corrected chi connectivity index (χ0v) is 14.7. The summed E-state index contributed by atoms with van der Waals surface area (Å²) >= 11 is 0. The smallest absolute Gasteiger partial charge is 0.275 e. The Bertz CT molecular complexity index is 651. The van der Waals surface area contributed by atoms with Gasteiger partial charge in [0, 0.05) is 33.8 Å². The van der Waals surface area contributed by atoms with Crippen LogP contribution in [0.25, 0.3) is 0 Å². The number of hydrogen-bond donors (Lipinski definition) is 0. The summed E-state index contributed by atoms with van der Waals surface area (Å²) < 4.78 is 31.9. The topological polar surface area (TPSA) is 97.6 Å². The first-order valence-electron chi connectivity index (χ1n) is 7.42. The number of hydrogen-bond acceptors (Lipinski definition) is 6. The van der Waals surface area contributed by atoms with Crippen molar-refractivity contribution in [1.82, 2.24) is 24.2 Å². The van der Waals surface area contributed by atoms with Crippen LogP contribution in [0.2, 0.25) is 0 Å². The molecule has 1 aromatic rings. The lowest BCUT2D eigenvalue weighted by atomic mass is 10.2. The number of nitrogens with zero attached hydrogens (tertiary/aromatic N) is 5. The Hall–Kier alpha value is -1.52. The molecule has 0 aromatic carbocycles. The van der Waals surface area contributed by atoms with Gasteiger partial charge in [-0.2, -0.15) is 4.31 Å². The number of methoxy groups -OCH3 is 1. The van der Waals surface area contributed by atoms with Crippen LogP contribution in [0, 0.1) is 0 Å². The van der Waals surface area contributed by atoms with E-state index < -0.39 is 15.3 Å². The van der Waals surface area contributed by atoms with Gasteiger partial charge in [0.25, 0.3) is 5.91 Å². The Morgan fingerprint density at radius 1 is 1.48 bits per heavy atom. The van der Waals surface area contributed by atoms with E-state index in [-0.39, 0.29) is 17.6 Å². The lowest BCUT2D eigenvalue weighted by molar-refractivity contribution is 0.0738. The fourth-order valence-electron chi connectivity index (χ4n) is 2.17. The van der Waals surface area contributed by atoms with Crippen LogP contribution in [0.15, 0.2) is 6.20 Å². The highest BCUT2D eigenvalue weighted by atomic mass is 32.2. The number of rotatable bonds is 7. The Morgan fingerprint density at radius 3 is 2.70 bits per heavy atom. The summed E-state index contributed by atoms with van der Waals surface area (Å²) in [5, 5.41) is 7.39. The van der Waals surface area contributed by atoms with E-state index in [0.717, 1.165) is 0 Å².